The Morgan fingerprint density at radius 1 is 1.12 bits per heavy atom. The number of alkyl halides is 1. The number of thioether (sulfide) groups is 1. The molecule has 0 bridgehead atoms. The Labute approximate surface area is 113 Å². The molecule has 3 heteroatoms. The van der Waals surface area contributed by atoms with E-state index >= 15 is 0 Å². The fraction of sp³-hybridized carbons (Fsp3) is 0.571. The summed E-state index contributed by atoms with van der Waals surface area (Å²) in [5.41, 5.74) is 0. The smallest absolute Gasteiger partial charge is 0.0337 e. The van der Waals surface area contributed by atoms with E-state index in [9.17, 15) is 0 Å². The summed E-state index contributed by atoms with van der Waals surface area (Å²) in [4.78, 5) is 1.36. The van der Waals surface area contributed by atoms with E-state index in [4.69, 9.17) is 11.6 Å². The van der Waals surface area contributed by atoms with Gasteiger partial charge in [-0.2, -0.15) is 0 Å². The SMILES string of the molecule is ClC1CCC(NCCSc2ccccc2)CC1. The zero-order valence-corrected chi connectivity index (χ0v) is 11.6. The van der Waals surface area contributed by atoms with Crippen LogP contribution in [0.25, 0.3) is 0 Å². The van der Waals surface area contributed by atoms with Crippen molar-refractivity contribution in [2.75, 3.05) is 12.3 Å². The fourth-order valence-corrected chi connectivity index (χ4v) is 3.26. The molecular weight excluding hydrogens is 250 g/mol. The molecule has 0 aliphatic heterocycles. The number of benzene rings is 1. The van der Waals surface area contributed by atoms with E-state index in [1.165, 1.54) is 30.6 Å². The molecule has 0 amide bonds. The number of halogens is 1. The van der Waals surface area contributed by atoms with E-state index < -0.39 is 0 Å². The fourth-order valence-electron chi connectivity index (χ4n) is 2.21. The zero-order valence-electron chi connectivity index (χ0n) is 10.1. The second kappa shape index (κ2) is 7.30. The van der Waals surface area contributed by atoms with Gasteiger partial charge in [0.1, 0.15) is 0 Å². The highest BCUT2D eigenvalue weighted by Gasteiger charge is 2.18. The molecule has 1 aliphatic carbocycles. The third-order valence-corrected chi connectivity index (χ3v) is 4.65. The van der Waals surface area contributed by atoms with Crippen LogP contribution in [0.3, 0.4) is 0 Å². The Morgan fingerprint density at radius 3 is 2.53 bits per heavy atom. The van der Waals surface area contributed by atoms with Gasteiger partial charge in [-0.25, -0.2) is 0 Å². The normalized spacial score (nSPS) is 24.8. The van der Waals surface area contributed by atoms with E-state index in [2.05, 4.69) is 35.6 Å². The molecule has 1 saturated carbocycles. The van der Waals surface area contributed by atoms with E-state index in [0.29, 0.717) is 11.4 Å². The summed E-state index contributed by atoms with van der Waals surface area (Å²) in [7, 11) is 0. The Morgan fingerprint density at radius 2 is 1.82 bits per heavy atom. The molecule has 1 aromatic carbocycles. The topological polar surface area (TPSA) is 12.0 Å². The Kier molecular flexibility index (Phi) is 5.69. The summed E-state index contributed by atoms with van der Waals surface area (Å²) < 4.78 is 0. The molecule has 1 fully saturated rings. The van der Waals surface area contributed by atoms with E-state index in [-0.39, 0.29) is 0 Å². The van der Waals surface area contributed by atoms with Gasteiger partial charge in [0.2, 0.25) is 0 Å². The lowest BCUT2D eigenvalue weighted by Gasteiger charge is -2.25. The van der Waals surface area contributed by atoms with Crippen LogP contribution >= 0.6 is 23.4 Å². The van der Waals surface area contributed by atoms with Crippen molar-refractivity contribution < 1.29 is 0 Å². The summed E-state index contributed by atoms with van der Waals surface area (Å²) >= 11 is 8.01. The van der Waals surface area contributed by atoms with Crippen molar-refractivity contribution in [3.8, 4) is 0 Å². The van der Waals surface area contributed by atoms with Crippen LogP contribution in [0.1, 0.15) is 25.7 Å². The molecule has 0 heterocycles. The molecule has 1 aromatic rings. The molecule has 17 heavy (non-hydrogen) atoms. The van der Waals surface area contributed by atoms with Crippen molar-refractivity contribution in [1.29, 1.82) is 0 Å². The minimum atomic E-state index is 0.423. The van der Waals surface area contributed by atoms with Crippen LogP contribution in [0.2, 0.25) is 0 Å². The first-order valence-corrected chi connectivity index (χ1v) is 7.82. The van der Waals surface area contributed by atoms with Gasteiger partial charge in [-0.15, -0.1) is 23.4 Å². The summed E-state index contributed by atoms with van der Waals surface area (Å²) in [5, 5.41) is 4.06. The van der Waals surface area contributed by atoms with Crippen molar-refractivity contribution >= 4 is 23.4 Å². The van der Waals surface area contributed by atoms with E-state index in [0.717, 1.165) is 12.3 Å². The highest BCUT2D eigenvalue weighted by atomic mass is 35.5. The lowest BCUT2D eigenvalue weighted by molar-refractivity contribution is 0.385. The molecular formula is C14H20ClNS. The third-order valence-electron chi connectivity index (χ3n) is 3.20. The lowest BCUT2D eigenvalue weighted by Crippen LogP contribution is -2.34. The molecule has 1 nitrogen and oxygen atoms in total. The maximum absolute atomic E-state index is 6.09. The van der Waals surface area contributed by atoms with Gasteiger partial charge in [0, 0.05) is 28.6 Å². The van der Waals surface area contributed by atoms with Gasteiger partial charge in [0.05, 0.1) is 0 Å². The minimum absolute atomic E-state index is 0.423. The Hall–Kier alpha value is -0.180. The van der Waals surface area contributed by atoms with Crippen LogP contribution in [-0.2, 0) is 0 Å². The first-order valence-electron chi connectivity index (χ1n) is 6.40. The number of hydrogen-bond acceptors (Lipinski definition) is 2. The van der Waals surface area contributed by atoms with Crippen LogP contribution in [0.5, 0.6) is 0 Å². The van der Waals surface area contributed by atoms with Gasteiger partial charge in [-0.3, -0.25) is 0 Å². The van der Waals surface area contributed by atoms with Crippen LogP contribution in [0.15, 0.2) is 35.2 Å². The van der Waals surface area contributed by atoms with Crippen molar-refractivity contribution in [3.63, 3.8) is 0 Å². The molecule has 0 radical (unpaired) electrons. The summed E-state index contributed by atoms with van der Waals surface area (Å²) in [6, 6.07) is 11.3. The predicted octanol–water partition coefficient (Wildman–Crippen LogP) is 3.92. The first kappa shape index (κ1) is 13.3. The molecule has 2 rings (SSSR count). The standard InChI is InChI=1S/C14H20ClNS/c15-12-6-8-13(9-7-12)16-10-11-17-14-4-2-1-3-5-14/h1-5,12-13,16H,6-11H2. The summed E-state index contributed by atoms with van der Waals surface area (Å²) in [5.74, 6) is 1.14. The van der Waals surface area contributed by atoms with Crippen molar-refractivity contribution in [3.05, 3.63) is 30.3 Å². The molecule has 0 saturated heterocycles. The van der Waals surface area contributed by atoms with Crippen LogP contribution in [0.4, 0.5) is 0 Å². The first-order chi connectivity index (χ1) is 8.34. The van der Waals surface area contributed by atoms with Gasteiger partial charge in [-0.05, 0) is 37.8 Å². The largest absolute Gasteiger partial charge is 0.313 e. The Balaban J connectivity index is 1.57. The Bertz CT molecular complexity index is 309. The van der Waals surface area contributed by atoms with E-state index in [1.807, 2.05) is 11.8 Å². The van der Waals surface area contributed by atoms with E-state index in [1.54, 1.807) is 0 Å². The van der Waals surface area contributed by atoms with Crippen LogP contribution in [0, 0.1) is 0 Å². The zero-order chi connectivity index (χ0) is 11.9. The van der Waals surface area contributed by atoms with Crippen LogP contribution < -0.4 is 5.32 Å². The average molecular weight is 270 g/mol. The maximum Gasteiger partial charge on any atom is 0.0337 e. The molecule has 1 N–H and O–H groups in total. The van der Waals surface area contributed by atoms with Crippen molar-refractivity contribution in [2.45, 2.75) is 42.0 Å². The molecule has 1 aliphatic rings. The van der Waals surface area contributed by atoms with Gasteiger partial charge < -0.3 is 5.32 Å². The molecule has 94 valence electrons. The average Bonchev–Trinajstić information content (AvgIpc) is 2.38. The quantitative estimate of drug-likeness (QED) is 0.494. The molecule has 0 atom stereocenters. The van der Waals surface area contributed by atoms with Crippen molar-refractivity contribution in [1.82, 2.24) is 5.32 Å². The molecule has 0 spiro atoms. The predicted molar refractivity (Wildman–Crippen MR) is 77.1 cm³/mol. The third kappa shape index (κ3) is 4.90. The second-order valence-electron chi connectivity index (χ2n) is 4.56. The molecule has 0 unspecified atom stereocenters. The number of rotatable bonds is 5. The van der Waals surface area contributed by atoms with Gasteiger partial charge in [0.15, 0.2) is 0 Å². The summed E-state index contributed by atoms with van der Waals surface area (Å²) in [6.45, 7) is 1.09. The number of nitrogens with one attached hydrogen (secondary N) is 1. The summed E-state index contributed by atoms with van der Waals surface area (Å²) in [6.07, 6.45) is 4.82. The maximum atomic E-state index is 6.09. The van der Waals surface area contributed by atoms with Gasteiger partial charge >= 0.3 is 0 Å². The van der Waals surface area contributed by atoms with Gasteiger partial charge in [-0.1, -0.05) is 18.2 Å². The highest BCUT2D eigenvalue weighted by Crippen LogP contribution is 2.23. The monoisotopic (exact) mass is 269 g/mol. The second-order valence-corrected chi connectivity index (χ2v) is 6.35. The van der Waals surface area contributed by atoms with Gasteiger partial charge in [0.25, 0.3) is 0 Å². The highest BCUT2D eigenvalue weighted by molar-refractivity contribution is 7.99. The number of hydrogen-bond donors (Lipinski definition) is 1. The minimum Gasteiger partial charge on any atom is -0.313 e. The van der Waals surface area contributed by atoms with Crippen LogP contribution in [-0.4, -0.2) is 23.7 Å². The lowest BCUT2D eigenvalue weighted by atomic mass is 9.95. The molecule has 0 aromatic heterocycles. The van der Waals surface area contributed by atoms with Crippen molar-refractivity contribution in [2.24, 2.45) is 0 Å².